The van der Waals surface area contributed by atoms with Crippen LogP contribution >= 0.6 is 23.5 Å². The summed E-state index contributed by atoms with van der Waals surface area (Å²) in [5.74, 6) is 0.800. The summed E-state index contributed by atoms with van der Waals surface area (Å²) in [5, 5.41) is 23.7. The molecule has 0 aliphatic heterocycles. The van der Waals surface area contributed by atoms with Crippen LogP contribution in [0.3, 0.4) is 0 Å². The van der Waals surface area contributed by atoms with E-state index >= 15 is 0 Å². The summed E-state index contributed by atoms with van der Waals surface area (Å²) in [4.78, 5) is 0. The Bertz CT molecular complexity index is 450. The largest absolute Gasteiger partial charge is 0.395 e. The van der Waals surface area contributed by atoms with Gasteiger partial charge in [-0.2, -0.15) is 0 Å². The molecule has 0 saturated carbocycles. The van der Waals surface area contributed by atoms with Gasteiger partial charge in [-0.1, -0.05) is 47.8 Å². The highest BCUT2D eigenvalue weighted by Gasteiger charge is 2.10. The van der Waals surface area contributed by atoms with Crippen molar-refractivity contribution in [3.63, 3.8) is 0 Å². The van der Waals surface area contributed by atoms with Gasteiger partial charge in [0.2, 0.25) is 0 Å². The van der Waals surface area contributed by atoms with E-state index in [4.69, 9.17) is 22.3 Å². The molecule has 20 heavy (non-hydrogen) atoms. The number of rotatable bonds is 7. The molecule has 5 nitrogen and oxygen atoms in total. The Morgan fingerprint density at radius 1 is 1.10 bits per heavy atom. The van der Waals surface area contributed by atoms with Crippen molar-refractivity contribution in [3.05, 3.63) is 35.4 Å². The van der Waals surface area contributed by atoms with Crippen molar-refractivity contribution in [1.82, 2.24) is 0 Å². The molecule has 7 N–H and O–H groups in total. The fourth-order valence-electron chi connectivity index (χ4n) is 1.71. The molecule has 110 valence electrons. The van der Waals surface area contributed by atoms with E-state index in [1.807, 2.05) is 24.3 Å². The van der Waals surface area contributed by atoms with Gasteiger partial charge in [-0.25, -0.2) is 0 Å². The first-order chi connectivity index (χ1) is 9.51. The molecule has 0 radical (unpaired) electrons. The summed E-state index contributed by atoms with van der Waals surface area (Å²) in [7, 11) is 0. The standard InChI is InChI=1S/C13H20N4OS2/c14-12(15)19-6-5-9-1-3-10(4-2-9)7-11(8-18)20-13(16)17/h1-4,11,18H,5-8H2,(H3,14,15)(H3,16,17)/t11-/m0/s1. The van der Waals surface area contributed by atoms with Crippen molar-refractivity contribution in [2.24, 2.45) is 11.5 Å². The first kappa shape index (κ1) is 16.9. The number of hydrogen-bond acceptors (Lipinski definition) is 5. The number of hydrogen-bond donors (Lipinski definition) is 5. The minimum Gasteiger partial charge on any atom is -0.395 e. The molecule has 0 bridgehead atoms. The van der Waals surface area contributed by atoms with Gasteiger partial charge in [0.25, 0.3) is 0 Å². The zero-order chi connectivity index (χ0) is 15.0. The second-order valence-electron chi connectivity index (χ2n) is 4.27. The van der Waals surface area contributed by atoms with Gasteiger partial charge in [0.1, 0.15) is 0 Å². The van der Waals surface area contributed by atoms with Crippen molar-refractivity contribution in [1.29, 1.82) is 10.8 Å². The SMILES string of the molecule is N=C(N)SCCc1ccc(C[C@@H](CO)SC(=N)N)cc1. The second-order valence-corrected chi connectivity index (χ2v) is 6.75. The third-order valence-corrected chi connectivity index (χ3v) is 4.25. The van der Waals surface area contributed by atoms with Gasteiger partial charge in [0.15, 0.2) is 10.3 Å². The molecule has 0 saturated heterocycles. The van der Waals surface area contributed by atoms with E-state index in [9.17, 15) is 5.11 Å². The van der Waals surface area contributed by atoms with Gasteiger partial charge in [-0.15, -0.1) is 0 Å². The quantitative estimate of drug-likeness (QED) is 0.385. The zero-order valence-electron chi connectivity index (χ0n) is 11.1. The second kappa shape index (κ2) is 8.89. The smallest absolute Gasteiger partial charge is 0.151 e. The minimum absolute atomic E-state index is 0.00124. The van der Waals surface area contributed by atoms with Crippen LogP contribution in [0.25, 0.3) is 0 Å². The predicted octanol–water partition coefficient (Wildman–Crippen LogP) is 1.39. The molecule has 0 spiro atoms. The van der Waals surface area contributed by atoms with Crippen molar-refractivity contribution in [2.45, 2.75) is 18.1 Å². The summed E-state index contributed by atoms with van der Waals surface area (Å²) in [6, 6.07) is 8.14. The molecule has 0 unspecified atom stereocenters. The Balaban J connectivity index is 2.48. The lowest BCUT2D eigenvalue weighted by Gasteiger charge is -2.12. The molecule has 1 atom stereocenters. The summed E-state index contributed by atoms with van der Waals surface area (Å²) < 4.78 is 0. The maximum absolute atomic E-state index is 9.25. The lowest BCUT2D eigenvalue weighted by atomic mass is 10.1. The van der Waals surface area contributed by atoms with Crippen LogP contribution in [0.2, 0.25) is 0 Å². The highest BCUT2D eigenvalue weighted by molar-refractivity contribution is 8.14. The molecule has 0 aliphatic rings. The number of nitrogens with one attached hydrogen (secondary N) is 2. The molecule has 0 amide bonds. The van der Waals surface area contributed by atoms with Gasteiger partial charge < -0.3 is 16.6 Å². The topological polar surface area (TPSA) is 120 Å². The lowest BCUT2D eigenvalue weighted by molar-refractivity contribution is 0.294. The Kier molecular flexibility index (Phi) is 7.50. The zero-order valence-corrected chi connectivity index (χ0v) is 12.8. The molecule has 1 rings (SSSR count). The molecule has 0 aliphatic carbocycles. The summed E-state index contributed by atoms with van der Waals surface area (Å²) in [5.41, 5.74) is 12.9. The number of aliphatic hydroxyl groups excluding tert-OH is 1. The molecule has 1 aromatic carbocycles. The number of thioether (sulfide) groups is 2. The van der Waals surface area contributed by atoms with Crippen LogP contribution in [-0.4, -0.2) is 33.1 Å². The van der Waals surface area contributed by atoms with Gasteiger partial charge in [-0.3, -0.25) is 10.8 Å². The third-order valence-electron chi connectivity index (χ3n) is 2.63. The fourth-order valence-corrected chi connectivity index (χ4v) is 2.97. The van der Waals surface area contributed by atoms with E-state index in [0.717, 1.165) is 17.7 Å². The number of nitrogens with two attached hydrogens (primary N) is 2. The van der Waals surface area contributed by atoms with E-state index in [0.29, 0.717) is 6.42 Å². The van der Waals surface area contributed by atoms with Crippen molar-refractivity contribution >= 4 is 33.9 Å². The molecular formula is C13H20N4OS2. The molecule has 0 aromatic heterocycles. The average molecular weight is 312 g/mol. The average Bonchev–Trinajstić information content (AvgIpc) is 2.39. The summed E-state index contributed by atoms with van der Waals surface area (Å²) in [6.45, 7) is 0.00124. The maximum Gasteiger partial charge on any atom is 0.151 e. The first-order valence-electron chi connectivity index (χ1n) is 6.17. The molecule has 7 heteroatoms. The Morgan fingerprint density at radius 2 is 1.70 bits per heavy atom. The van der Waals surface area contributed by atoms with Gasteiger partial charge in [0, 0.05) is 11.0 Å². The lowest BCUT2D eigenvalue weighted by Crippen LogP contribution is -2.18. The molecular weight excluding hydrogens is 292 g/mol. The van der Waals surface area contributed by atoms with Gasteiger partial charge in [-0.05, 0) is 24.0 Å². The highest BCUT2D eigenvalue weighted by Crippen LogP contribution is 2.17. The van der Waals surface area contributed by atoms with E-state index in [1.165, 1.54) is 29.1 Å². The van der Waals surface area contributed by atoms with Gasteiger partial charge in [0.05, 0.1) is 6.61 Å². The first-order valence-corrected chi connectivity index (χ1v) is 8.04. The van der Waals surface area contributed by atoms with E-state index < -0.39 is 0 Å². The van der Waals surface area contributed by atoms with Crippen LogP contribution in [0.5, 0.6) is 0 Å². The van der Waals surface area contributed by atoms with Crippen LogP contribution in [0.4, 0.5) is 0 Å². The number of aliphatic hydroxyl groups is 1. The van der Waals surface area contributed by atoms with E-state index in [2.05, 4.69) is 0 Å². The van der Waals surface area contributed by atoms with Gasteiger partial charge >= 0.3 is 0 Å². The number of amidine groups is 2. The van der Waals surface area contributed by atoms with E-state index in [-0.39, 0.29) is 22.2 Å². The predicted molar refractivity (Wildman–Crippen MR) is 88.6 cm³/mol. The van der Waals surface area contributed by atoms with Crippen molar-refractivity contribution in [2.75, 3.05) is 12.4 Å². The highest BCUT2D eigenvalue weighted by atomic mass is 32.2. The Labute approximate surface area is 127 Å². The molecule has 0 fully saturated rings. The number of aryl methyl sites for hydroxylation is 1. The van der Waals surface area contributed by atoms with E-state index in [1.54, 1.807) is 0 Å². The fraction of sp³-hybridized carbons (Fsp3) is 0.385. The monoisotopic (exact) mass is 312 g/mol. The van der Waals surface area contributed by atoms with Crippen LogP contribution in [0, 0.1) is 10.8 Å². The Morgan fingerprint density at radius 3 is 2.20 bits per heavy atom. The van der Waals surface area contributed by atoms with Crippen LogP contribution in [0.15, 0.2) is 24.3 Å². The van der Waals surface area contributed by atoms with Crippen LogP contribution in [0.1, 0.15) is 11.1 Å². The minimum atomic E-state index is -0.0772. The summed E-state index contributed by atoms with van der Waals surface area (Å²) >= 11 is 2.52. The van der Waals surface area contributed by atoms with Crippen LogP contribution < -0.4 is 11.5 Å². The Hall–Kier alpha value is -1.18. The molecule has 0 heterocycles. The van der Waals surface area contributed by atoms with Crippen molar-refractivity contribution < 1.29 is 5.11 Å². The molecule has 1 aromatic rings. The normalized spacial score (nSPS) is 12.1. The number of benzene rings is 1. The maximum atomic E-state index is 9.25. The summed E-state index contributed by atoms with van der Waals surface area (Å²) in [6.07, 6.45) is 1.55. The third kappa shape index (κ3) is 6.83. The van der Waals surface area contributed by atoms with Crippen LogP contribution in [-0.2, 0) is 12.8 Å². The van der Waals surface area contributed by atoms with Crippen molar-refractivity contribution in [3.8, 4) is 0 Å².